The molecule has 1 heterocycles. The summed E-state index contributed by atoms with van der Waals surface area (Å²) >= 11 is 3.30. The third kappa shape index (κ3) is 3.39. The highest BCUT2D eigenvalue weighted by molar-refractivity contribution is 9.10. The summed E-state index contributed by atoms with van der Waals surface area (Å²) in [5.74, 6) is 0.128. The zero-order valence-electron chi connectivity index (χ0n) is 11.0. The van der Waals surface area contributed by atoms with Crippen molar-refractivity contribution in [2.24, 2.45) is 0 Å². The minimum Gasteiger partial charge on any atom is -0.507 e. The molecule has 0 saturated heterocycles. The molecule has 0 fully saturated rings. The molecule has 2 N–H and O–H groups in total. The smallest absolute Gasteiger partial charge is 0.407 e. The molecular weight excluding hydrogens is 324 g/mol. The molecule has 0 unspecified atom stereocenters. The number of aromatic hydroxyl groups is 1. The van der Waals surface area contributed by atoms with E-state index < -0.39 is 6.09 Å². The van der Waals surface area contributed by atoms with Crippen LogP contribution >= 0.6 is 15.9 Å². The number of fused-ring (bicyclic) bond motifs is 1. The second-order valence-electron chi connectivity index (χ2n) is 4.28. The summed E-state index contributed by atoms with van der Waals surface area (Å²) in [6.45, 7) is 2.64. The molecule has 2 aromatic rings. The summed E-state index contributed by atoms with van der Waals surface area (Å²) in [4.78, 5) is 15.7. The van der Waals surface area contributed by atoms with Gasteiger partial charge < -0.3 is 15.2 Å². The van der Waals surface area contributed by atoms with Crippen molar-refractivity contribution in [2.75, 3.05) is 6.54 Å². The van der Waals surface area contributed by atoms with E-state index in [1.807, 2.05) is 13.0 Å². The number of carbonyl (C=O) groups excluding carboxylic acids is 1. The lowest BCUT2D eigenvalue weighted by atomic mass is 10.2. The molecule has 5 nitrogen and oxygen atoms in total. The van der Waals surface area contributed by atoms with Crippen LogP contribution in [-0.4, -0.2) is 22.7 Å². The fraction of sp³-hybridized carbons (Fsp3) is 0.286. The Labute approximate surface area is 125 Å². The molecule has 0 aliphatic heterocycles. The van der Waals surface area contributed by atoms with Crippen LogP contribution in [-0.2, 0) is 11.3 Å². The average Bonchev–Trinajstić information content (AvgIpc) is 2.47. The van der Waals surface area contributed by atoms with E-state index in [4.69, 9.17) is 4.74 Å². The topological polar surface area (TPSA) is 71.5 Å². The van der Waals surface area contributed by atoms with Gasteiger partial charge in [-0.15, -0.1) is 0 Å². The molecule has 1 aromatic carbocycles. The Hall–Kier alpha value is -1.82. The number of nitrogens with zero attached hydrogens (tertiary/aromatic N) is 1. The van der Waals surface area contributed by atoms with E-state index in [1.165, 1.54) is 0 Å². The van der Waals surface area contributed by atoms with Crippen molar-refractivity contribution in [2.45, 2.75) is 20.0 Å². The van der Waals surface area contributed by atoms with Gasteiger partial charge in [0.05, 0.1) is 15.7 Å². The highest BCUT2D eigenvalue weighted by Gasteiger charge is 2.08. The third-order valence-corrected chi connectivity index (χ3v) is 3.49. The number of carbonyl (C=O) groups is 1. The predicted molar refractivity (Wildman–Crippen MR) is 79.6 cm³/mol. The number of nitrogens with one attached hydrogen (secondary N) is 1. The van der Waals surface area contributed by atoms with Gasteiger partial charge in [-0.1, -0.05) is 13.0 Å². The van der Waals surface area contributed by atoms with E-state index in [1.54, 1.807) is 18.2 Å². The van der Waals surface area contributed by atoms with Crippen LogP contribution in [0.2, 0.25) is 0 Å². The molecular formula is C14H15BrN2O3. The van der Waals surface area contributed by atoms with Gasteiger partial charge in [-0.05, 0) is 40.5 Å². The number of benzene rings is 1. The van der Waals surface area contributed by atoms with E-state index >= 15 is 0 Å². The number of halogens is 1. The Balaban J connectivity index is 2.11. The summed E-state index contributed by atoms with van der Waals surface area (Å²) in [6, 6.07) is 7.04. The van der Waals surface area contributed by atoms with Gasteiger partial charge >= 0.3 is 6.09 Å². The first kappa shape index (κ1) is 14.6. The molecule has 20 heavy (non-hydrogen) atoms. The molecule has 0 radical (unpaired) electrons. The first-order valence-corrected chi connectivity index (χ1v) is 7.09. The lowest BCUT2D eigenvalue weighted by molar-refractivity contribution is 0.138. The van der Waals surface area contributed by atoms with E-state index in [9.17, 15) is 9.90 Å². The van der Waals surface area contributed by atoms with E-state index in [0.717, 1.165) is 11.8 Å². The number of aromatic nitrogens is 1. The number of alkyl carbamates (subject to hydrolysis) is 1. The zero-order chi connectivity index (χ0) is 14.5. The summed E-state index contributed by atoms with van der Waals surface area (Å²) < 4.78 is 5.59. The Kier molecular flexibility index (Phi) is 4.79. The fourth-order valence-corrected chi connectivity index (χ4v) is 2.13. The minimum atomic E-state index is -0.455. The first-order chi connectivity index (χ1) is 9.61. The molecule has 0 aliphatic rings. The second-order valence-corrected chi connectivity index (χ2v) is 5.07. The molecule has 0 atom stereocenters. The first-order valence-electron chi connectivity index (χ1n) is 6.29. The quantitative estimate of drug-likeness (QED) is 0.896. The van der Waals surface area contributed by atoms with Crippen LogP contribution in [0.15, 0.2) is 28.7 Å². The van der Waals surface area contributed by atoms with Crippen molar-refractivity contribution in [1.82, 2.24) is 10.3 Å². The predicted octanol–water partition coefficient (Wildman–Crippen LogP) is 3.34. The standard InChI is InChI=1S/C14H15BrN2O3/c1-2-7-16-14(19)20-8-10-5-3-9-4-6-11(18)12(15)13(9)17-10/h3-6,18H,2,7-8H2,1H3,(H,16,19). The van der Waals surface area contributed by atoms with Crippen molar-refractivity contribution < 1.29 is 14.6 Å². The van der Waals surface area contributed by atoms with Gasteiger partial charge in [0.1, 0.15) is 12.4 Å². The van der Waals surface area contributed by atoms with Gasteiger partial charge in [0.2, 0.25) is 0 Å². The van der Waals surface area contributed by atoms with Gasteiger partial charge in [-0.3, -0.25) is 0 Å². The van der Waals surface area contributed by atoms with Gasteiger partial charge in [0.15, 0.2) is 0 Å². The highest BCUT2D eigenvalue weighted by atomic mass is 79.9. The Morgan fingerprint density at radius 1 is 1.40 bits per heavy atom. The maximum Gasteiger partial charge on any atom is 0.407 e. The fourth-order valence-electron chi connectivity index (χ4n) is 1.68. The van der Waals surface area contributed by atoms with Crippen LogP contribution in [0.4, 0.5) is 4.79 Å². The molecule has 0 saturated carbocycles. The number of phenols is 1. The van der Waals surface area contributed by atoms with E-state index in [0.29, 0.717) is 22.2 Å². The molecule has 0 aliphatic carbocycles. The van der Waals surface area contributed by atoms with Crippen molar-refractivity contribution in [3.8, 4) is 5.75 Å². The van der Waals surface area contributed by atoms with Crippen LogP contribution in [0.3, 0.4) is 0 Å². The summed E-state index contributed by atoms with van der Waals surface area (Å²) in [7, 11) is 0. The molecule has 0 bridgehead atoms. The largest absolute Gasteiger partial charge is 0.507 e. The normalized spacial score (nSPS) is 10.5. The summed E-state index contributed by atoms with van der Waals surface area (Å²) in [5, 5.41) is 13.2. The summed E-state index contributed by atoms with van der Waals surface area (Å²) in [6.07, 6.45) is 0.402. The van der Waals surface area contributed by atoms with Crippen LogP contribution in [0.5, 0.6) is 5.75 Å². The lowest BCUT2D eigenvalue weighted by Crippen LogP contribution is -2.24. The monoisotopic (exact) mass is 338 g/mol. The average molecular weight is 339 g/mol. The number of rotatable bonds is 4. The zero-order valence-corrected chi connectivity index (χ0v) is 12.6. The van der Waals surface area contributed by atoms with Crippen LogP contribution in [0.25, 0.3) is 10.9 Å². The van der Waals surface area contributed by atoms with Crippen molar-refractivity contribution in [3.63, 3.8) is 0 Å². The van der Waals surface area contributed by atoms with Crippen molar-refractivity contribution in [1.29, 1.82) is 0 Å². The van der Waals surface area contributed by atoms with Crippen LogP contribution < -0.4 is 5.32 Å². The number of pyridine rings is 1. The Morgan fingerprint density at radius 2 is 2.15 bits per heavy atom. The minimum absolute atomic E-state index is 0.0909. The number of phenolic OH excluding ortho intramolecular Hbond substituents is 1. The molecule has 1 aromatic heterocycles. The maximum atomic E-state index is 11.3. The summed E-state index contributed by atoms with van der Waals surface area (Å²) in [5.41, 5.74) is 1.26. The SMILES string of the molecule is CCCNC(=O)OCc1ccc2ccc(O)c(Br)c2n1. The number of ether oxygens (including phenoxy) is 1. The number of hydrogen-bond donors (Lipinski definition) is 2. The van der Waals surface area contributed by atoms with Gasteiger partial charge in [-0.2, -0.15) is 0 Å². The Bertz CT molecular complexity index is 631. The second kappa shape index (κ2) is 6.56. The van der Waals surface area contributed by atoms with Crippen LogP contribution in [0, 0.1) is 0 Å². The molecule has 1 amide bonds. The van der Waals surface area contributed by atoms with Gasteiger partial charge in [-0.25, -0.2) is 9.78 Å². The van der Waals surface area contributed by atoms with E-state index in [-0.39, 0.29) is 12.4 Å². The van der Waals surface area contributed by atoms with E-state index in [2.05, 4.69) is 26.2 Å². The maximum absolute atomic E-state index is 11.3. The lowest BCUT2D eigenvalue weighted by Gasteiger charge is -2.07. The van der Waals surface area contributed by atoms with Gasteiger partial charge in [0, 0.05) is 11.9 Å². The molecule has 6 heteroatoms. The molecule has 106 valence electrons. The number of amides is 1. The highest BCUT2D eigenvalue weighted by Crippen LogP contribution is 2.30. The Morgan fingerprint density at radius 3 is 2.90 bits per heavy atom. The van der Waals surface area contributed by atoms with Crippen molar-refractivity contribution >= 4 is 32.9 Å². The number of hydrogen-bond acceptors (Lipinski definition) is 4. The third-order valence-electron chi connectivity index (χ3n) is 2.71. The van der Waals surface area contributed by atoms with Gasteiger partial charge in [0.25, 0.3) is 0 Å². The van der Waals surface area contributed by atoms with Crippen molar-refractivity contribution in [3.05, 3.63) is 34.4 Å². The molecule has 2 rings (SSSR count). The molecule has 0 spiro atoms. The van der Waals surface area contributed by atoms with Crippen LogP contribution in [0.1, 0.15) is 19.0 Å².